The van der Waals surface area contributed by atoms with E-state index in [0.717, 1.165) is 27.7 Å². The summed E-state index contributed by atoms with van der Waals surface area (Å²) in [6, 6.07) is 15.9. The van der Waals surface area contributed by atoms with Crippen molar-refractivity contribution in [3.8, 4) is 5.75 Å². The SMILES string of the molecule is Clc1cc(Cl)c2c(c1)[C@@H]1CC(c3cccs3)=NN1[C@@H](c1ccc(Br)cc1)O2. The number of hydrazone groups is 1. The molecule has 0 amide bonds. The largest absolute Gasteiger partial charge is 0.463 e. The number of rotatable bonds is 2. The van der Waals surface area contributed by atoms with Crippen LogP contribution in [0.25, 0.3) is 0 Å². The van der Waals surface area contributed by atoms with Gasteiger partial charge in [0.2, 0.25) is 6.23 Å². The maximum absolute atomic E-state index is 6.48. The van der Waals surface area contributed by atoms with Crippen molar-refractivity contribution in [2.24, 2.45) is 5.10 Å². The molecule has 27 heavy (non-hydrogen) atoms. The van der Waals surface area contributed by atoms with Gasteiger partial charge in [-0.15, -0.1) is 11.3 Å². The molecule has 0 spiro atoms. The minimum Gasteiger partial charge on any atom is -0.463 e. The van der Waals surface area contributed by atoms with E-state index in [1.165, 1.54) is 4.88 Å². The lowest BCUT2D eigenvalue weighted by atomic mass is 9.97. The van der Waals surface area contributed by atoms with E-state index < -0.39 is 0 Å². The lowest BCUT2D eigenvalue weighted by Gasteiger charge is -2.38. The van der Waals surface area contributed by atoms with E-state index >= 15 is 0 Å². The molecule has 1 aromatic heterocycles. The minimum atomic E-state index is -0.341. The highest BCUT2D eigenvalue weighted by Crippen LogP contribution is 2.51. The molecule has 5 rings (SSSR count). The van der Waals surface area contributed by atoms with Gasteiger partial charge in [-0.3, -0.25) is 0 Å². The summed E-state index contributed by atoms with van der Waals surface area (Å²) in [7, 11) is 0. The van der Waals surface area contributed by atoms with Gasteiger partial charge in [-0.25, -0.2) is 5.01 Å². The van der Waals surface area contributed by atoms with Crippen LogP contribution in [0.2, 0.25) is 10.0 Å². The van der Waals surface area contributed by atoms with Gasteiger partial charge in [-0.1, -0.05) is 57.3 Å². The number of ether oxygens (including phenoxy) is 1. The van der Waals surface area contributed by atoms with E-state index in [1.54, 1.807) is 17.4 Å². The molecule has 2 aliphatic heterocycles. The van der Waals surface area contributed by atoms with Crippen LogP contribution in [0.1, 0.15) is 34.7 Å². The number of hydrogen-bond donors (Lipinski definition) is 0. The summed E-state index contributed by atoms with van der Waals surface area (Å²) in [4.78, 5) is 1.17. The van der Waals surface area contributed by atoms with Crippen molar-refractivity contribution in [1.82, 2.24) is 5.01 Å². The summed E-state index contributed by atoms with van der Waals surface area (Å²) >= 11 is 17.9. The van der Waals surface area contributed by atoms with Gasteiger partial charge in [0.05, 0.1) is 21.7 Å². The lowest BCUT2D eigenvalue weighted by molar-refractivity contribution is -0.0189. The van der Waals surface area contributed by atoms with Crippen molar-refractivity contribution >= 4 is 56.2 Å². The first kappa shape index (κ1) is 17.6. The second-order valence-electron chi connectivity index (χ2n) is 6.45. The molecule has 0 bridgehead atoms. The van der Waals surface area contributed by atoms with Gasteiger partial charge in [0.1, 0.15) is 5.75 Å². The summed E-state index contributed by atoms with van der Waals surface area (Å²) in [5.74, 6) is 0.692. The van der Waals surface area contributed by atoms with Gasteiger partial charge in [-0.2, -0.15) is 5.10 Å². The zero-order valence-electron chi connectivity index (χ0n) is 13.9. The Morgan fingerprint density at radius 3 is 2.70 bits per heavy atom. The smallest absolute Gasteiger partial charge is 0.213 e. The molecule has 3 aromatic rings. The molecule has 0 aliphatic carbocycles. The molecule has 0 radical (unpaired) electrons. The molecule has 0 saturated heterocycles. The van der Waals surface area contributed by atoms with Crippen LogP contribution >= 0.6 is 50.5 Å². The molecule has 0 unspecified atom stereocenters. The van der Waals surface area contributed by atoms with Crippen molar-refractivity contribution in [3.63, 3.8) is 0 Å². The molecular weight excluding hydrogens is 467 g/mol. The molecule has 0 N–H and O–H groups in total. The van der Waals surface area contributed by atoms with Crippen LogP contribution in [0.3, 0.4) is 0 Å². The zero-order chi connectivity index (χ0) is 18.5. The van der Waals surface area contributed by atoms with Crippen molar-refractivity contribution in [1.29, 1.82) is 0 Å². The van der Waals surface area contributed by atoms with Crippen LogP contribution < -0.4 is 4.74 Å². The van der Waals surface area contributed by atoms with Crippen molar-refractivity contribution < 1.29 is 4.74 Å². The van der Waals surface area contributed by atoms with Crippen LogP contribution in [-0.4, -0.2) is 10.7 Å². The monoisotopic (exact) mass is 478 g/mol. The third-order valence-electron chi connectivity index (χ3n) is 4.77. The van der Waals surface area contributed by atoms with Gasteiger partial charge in [0, 0.05) is 27.0 Å². The summed E-state index contributed by atoms with van der Waals surface area (Å²) in [6.45, 7) is 0. The van der Waals surface area contributed by atoms with E-state index in [-0.39, 0.29) is 12.3 Å². The zero-order valence-corrected chi connectivity index (χ0v) is 17.8. The molecule has 0 fully saturated rings. The Hall–Kier alpha value is -1.53. The second kappa shape index (κ2) is 6.82. The fraction of sp³-hybridized carbons (Fsp3) is 0.150. The van der Waals surface area contributed by atoms with Gasteiger partial charge in [0.25, 0.3) is 0 Å². The Labute approximate surface area is 179 Å². The lowest BCUT2D eigenvalue weighted by Crippen LogP contribution is -2.33. The summed E-state index contributed by atoms with van der Waals surface area (Å²) in [6.07, 6.45) is 0.451. The predicted octanol–water partition coefficient (Wildman–Crippen LogP) is 7.06. The third-order valence-corrected chi connectivity index (χ3v) is 6.72. The first-order chi connectivity index (χ1) is 13.1. The molecule has 3 nitrogen and oxygen atoms in total. The van der Waals surface area contributed by atoms with Crippen LogP contribution in [0, 0.1) is 0 Å². The average molecular weight is 480 g/mol. The molecular formula is C20H13BrCl2N2OS. The maximum atomic E-state index is 6.48. The van der Waals surface area contributed by atoms with Crippen molar-refractivity contribution in [2.45, 2.75) is 18.7 Å². The summed E-state index contributed by atoms with van der Waals surface area (Å²) < 4.78 is 7.36. The fourth-order valence-corrected chi connectivity index (χ4v) is 5.09. The molecule has 2 aromatic carbocycles. The predicted molar refractivity (Wildman–Crippen MR) is 114 cm³/mol. The van der Waals surface area contributed by atoms with Crippen LogP contribution in [0.15, 0.2) is 63.5 Å². The number of fused-ring (bicyclic) bond motifs is 3. The Morgan fingerprint density at radius 1 is 1.15 bits per heavy atom. The summed E-state index contributed by atoms with van der Waals surface area (Å²) in [5, 5.41) is 10.2. The first-order valence-corrected chi connectivity index (χ1v) is 10.8. The standard InChI is InChI=1S/C20H13BrCl2N2OS/c21-12-5-3-11(4-6-12)20-25-17(10-16(24-25)18-2-1-7-27-18)14-8-13(22)9-15(23)19(14)26-20/h1-9,17,20H,10H2/t17-,20+/m0/s1. The second-order valence-corrected chi connectivity index (χ2v) is 9.16. The number of hydrogen-bond acceptors (Lipinski definition) is 4. The van der Waals surface area contributed by atoms with E-state index in [2.05, 4.69) is 27.4 Å². The fourth-order valence-electron chi connectivity index (χ4n) is 3.55. The van der Waals surface area contributed by atoms with Crippen LogP contribution in [0.4, 0.5) is 0 Å². The van der Waals surface area contributed by atoms with E-state index in [4.69, 9.17) is 33.0 Å². The molecule has 3 heterocycles. The highest BCUT2D eigenvalue weighted by atomic mass is 79.9. The third kappa shape index (κ3) is 3.07. The maximum Gasteiger partial charge on any atom is 0.213 e. The highest BCUT2D eigenvalue weighted by molar-refractivity contribution is 9.10. The van der Waals surface area contributed by atoms with E-state index in [1.807, 2.05) is 41.4 Å². The highest BCUT2D eigenvalue weighted by Gasteiger charge is 2.42. The van der Waals surface area contributed by atoms with Gasteiger partial charge in [-0.05, 0) is 35.7 Å². The average Bonchev–Trinajstić information content (AvgIpc) is 3.32. The minimum absolute atomic E-state index is 0.0377. The topological polar surface area (TPSA) is 24.8 Å². The van der Waals surface area contributed by atoms with Gasteiger partial charge < -0.3 is 4.74 Å². The molecule has 2 atom stereocenters. The Kier molecular flexibility index (Phi) is 4.43. The van der Waals surface area contributed by atoms with E-state index in [0.29, 0.717) is 15.8 Å². The first-order valence-electron chi connectivity index (χ1n) is 8.41. The number of halogens is 3. The van der Waals surface area contributed by atoms with Gasteiger partial charge >= 0.3 is 0 Å². The Balaban J connectivity index is 1.64. The molecule has 7 heteroatoms. The number of nitrogens with zero attached hydrogens (tertiary/aromatic N) is 2. The number of thiophene rings is 1. The normalized spacial score (nSPS) is 20.7. The van der Waals surface area contributed by atoms with Crippen LogP contribution in [0.5, 0.6) is 5.75 Å². The van der Waals surface area contributed by atoms with Crippen molar-refractivity contribution in [3.05, 3.63) is 84.4 Å². The Morgan fingerprint density at radius 2 is 1.96 bits per heavy atom. The van der Waals surface area contributed by atoms with Gasteiger partial charge in [0.15, 0.2) is 0 Å². The molecule has 136 valence electrons. The quantitative estimate of drug-likeness (QED) is 0.393. The van der Waals surface area contributed by atoms with Crippen LogP contribution in [-0.2, 0) is 0 Å². The number of benzene rings is 2. The Bertz CT molecular complexity index is 1040. The van der Waals surface area contributed by atoms with E-state index in [9.17, 15) is 0 Å². The molecule has 2 aliphatic rings. The molecule has 0 saturated carbocycles. The van der Waals surface area contributed by atoms with Crippen molar-refractivity contribution in [2.75, 3.05) is 0 Å². The summed E-state index contributed by atoms with van der Waals surface area (Å²) in [5.41, 5.74) is 3.07.